The number of carbonyl (C=O) groups excluding carboxylic acids is 2. The summed E-state index contributed by atoms with van der Waals surface area (Å²) >= 11 is 13.8. The summed E-state index contributed by atoms with van der Waals surface area (Å²) in [6.45, 7) is 2.06. The normalized spacial score (nSPS) is 10.4. The van der Waals surface area contributed by atoms with E-state index in [0.717, 1.165) is 4.88 Å². The van der Waals surface area contributed by atoms with E-state index in [1.165, 1.54) is 23.2 Å². The molecule has 2 amide bonds. The molecule has 4 nitrogen and oxygen atoms in total. The summed E-state index contributed by atoms with van der Waals surface area (Å²) in [6, 6.07) is 8.89. The third kappa shape index (κ3) is 4.96. The molecule has 0 saturated heterocycles. The molecular weight excluding hydrogens is 355 g/mol. The molecule has 7 heteroatoms. The van der Waals surface area contributed by atoms with Crippen molar-refractivity contribution in [3.05, 3.63) is 50.6 Å². The highest BCUT2D eigenvalue weighted by molar-refractivity contribution is 7.10. The number of hydrogen-bond donors (Lipinski definition) is 1. The maximum atomic E-state index is 11.9. The molecule has 1 N–H and O–H groups in total. The van der Waals surface area contributed by atoms with Gasteiger partial charge in [-0.25, -0.2) is 0 Å². The van der Waals surface area contributed by atoms with Gasteiger partial charge in [-0.3, -0.25) is 9.59 Å². The fourth-order valence-electron chi connectivity index (χ4n) is 2.11. The number of nitrogens with one attached hydrogen (secondary N) is 1. The standard InChI is InChI=1S/C16H16Cl2N2O2S/c1-11(21)20(16-13(17)5-2-6-14(16)18)8-7-19-15(22)10-12-4-3-9-23-12/h2-6,9H,7-8,10H2,1H3,(H,19,22). The van der Waals surface area contributed by atoms with Crippen molar-refractivity contribution in [1.82, 2.24) is 5.32 Å². The number of nitrogens with zero attached hydrogens (tertiary/aromatic N) is 1. The smallest absolute Gasteiger partial charge is 0.225 e. The van der Waals surface area contributed by atoms with Gasteiger partial charge in [0.25, 0.3) is 0 Å². The first-order chi connectivity index (χ1) is 11.0. The molecule has 1 aromatic carbocycles. The van der Waals surface area contributed by atoms with E-state index in [0.29, 0.717) is 35.2 Å². The molecule has 0 aliphatic rings. The van der Waals surface area contributed by atoms with Crippen molar-refractivity contribution in [2.45, 2.75) is 13.3 Å². The van der Waals surface area contributed by atoms with Gasteiger partial charge in [0.15, 0.2) is 0 Å². The van der Waals surface area contributed by atoms with Crippen LogP contribution in [0.1, 0.15) is 11.8 Å². The molecule has 1 aromatic heterocycles. The van der Waals surface area contributed by atoms with Crippen LogP contribution < -0.4 is 10.2 Å². The van der Waals surface area contributed by atoms with Crippen molar-refractivity contribution in [1.29, 1.82) is 0 Å². The summed E-state index contributed by atoms with van der Waals surface area (Å²) in [5, 5.41) is 5.53. The summed E-state index contributed by atoms with van der Waals surface area (Å²) in [4.78, 5) is 26.2. The Morgan fingerprint density at radius 1 is 1.17 bits per heavy atom. The first kappa shape index (κ1) is 17.8. The molecule has 2 aromatic rings. The number of anilines is 1. The lowest BCUT2D eigenvalue weighted by Crippen LogP contribution is -2.38. The third-order valence-electron chi connectivity index (χ3n) is 3.16. The van der Waals surface area contributed by atoms with E-state index in [-0.39, 0.29) is 11.8 Å². The van der Waals surface area contributed by atoms with Crippen LogP contribution in [0.3, 0.4) is 0 Å². The fraction of sp³-hybridized carbons (Fsp3) is 0.250. The van der Waals surface area contributed by atoms with Crippen molar-refractivity contribution < 1.29 is 9.59 Å². The van der Waals surface area contributed by atoms with Gasteiger partial charge in [0.05, 0.1) is 22.2 Å². The van der Waals surface area contributed by atoms with Gasteiger partial charge in [-0.1, -0.05) is 35.3 Å². The van der Waals surface area contributed by atoms with Gasteiger partial charge in [0.1, 0.15) is 0 Å². The molecule has 1 heterocycles. The van der Waals surface area contributed by atoms with Gasteiger partial charge in [0, 0.05) is 24.9 Å². The monoisotopic (exact) mass is 370 g/mol. The summed E-state index contributed by atoms with van der Waals surface area (Å²) in [6.07, 6.45) is 0.338. The second-order valence-corrected chi connectivity index (χ2v) is 6.69. The van der Waals surface area contributed by atoms with Gasteiger partial charge in [-0.15, -0.1) is 11.3 Å². The third-order valence-corrected chi connectivity index (χ3v) is 4.65. The summed E-state index contributed by atoms with van der Waals surface area (Å²) < 4.78 is 0. The Balaban J connectivity index is 1.95. The zero-order valence-electron chi connectivity index (χ0n) is 12.5. The molecule has 0 atom stereocenters. The van der Waals surface area contributed by atoms with E-state index >= 15 is 0 Å². The summed E-state index contributed by atoms with van der Waals surface area (Å²) in [5.41, 5.74) is 0.468. The molecule has 122 valence electrons. The highest BCUT2D eigenvalue weighted by atomic mass is 35.5. The summed E-state index contributed by atoms with van der Waals surface area (Å²) in [5.74, 6) is -0.270. The van der Waals surface area contributed by atoms with Gasteiger partial charge in [0.2, 0.25) is 11.8 Å². The lowest BCUT2D eigenvalue weighted by molar-refractivity contribution is -0.120. The highest BCUT2D eigenvalue weighted by Crippen LogP contribution is 2.33. The average molecular weight is 371 g/mol. The largest absolute Gasteiger partial charge is 0.354 e. The van der Waals surface area contributed by atoms with Crippen LogP contribution in [0, 0.1) is 0 Å². The predicted octanol–water partition coefficient (Wildman–Crippen LogP) is 3.77. The number of hydrogen-bond acceptors (Lipinski definition) is 3. The SMILES string of the molecule is CC(=O)N(CCNC(=O)Cc1cccs1)c1c(Cl)cccc1Cl. The van der Waals surface area contributed by atoms with Crippen LogP contribution in [0.4, 0.5) is 5.69 Å². The molecule has 0 fully saturated rings. The first-order valence-electron chi connectivity index (χ1n) is 7.00. The predicted molar refractivity (Wildman–Crippen MR) is 95.5 cm³/mol. The van der Waals surface area contributed by atoms with Gasteiger partial charge in [-0.2, -0.15) is 0 Å². The van der Waals surface area contributed by atoms with Crippen LogP contribution >= 0.6 is 34.5 Å². The Morgan fingerprint density at radius 3 is 2.43 bits per heavy atom. The van der Waals surface area contributed by atoms with Crippen molar-refractivity contribution in [3.8, 4) is 0 Å². The quantitative estimate of drug-likeness (QED) is 0.841. The minimum absolute atomic E-state index is 0.0822. The molecule has 2 rings (SSSR count). The molecular formula is C16H16Cl2N2O2S. The number of benzene rings is 1. The minimum atomic E-state index is -0.187. The maximum absolute atomic E-state index is 11.9. The number of thiophene rings is 1. The van der Waals surface area contributed by atoms with Crippen LogP contribution in [0.15, 0.2) is 35.7 Å². The lowest BCUT2D eigenvalue weighted by Gasteiger charge is -2.23. The molecule has 0 bridgehead atoms. The second-order valence-electron chi connectivity index (χ2n) is 4.85. The fourth-order valence-corrected chi connectivity index (χ4v) is 3.42. The van der Waals surface area contributed by atoms with Gasteiger partial charge < -0.3 is 10.2 Å². The lowest BCUT2D eigenvalue weighted by atomic mass is 10.2. The first-order valence-corrected chi connectivity index (χ1v) is 8.64. The van der Waals surface area contributed by atoms with E-state index in [1.54, 1.807) is 18.2 Å². The average Bonchev–Trinajstić information content (AvgIpc) is 2.97. The van der Waals surface area contributed by atoms with Crippen molar-refractivity contribution in [3.63, 3.8) is 0 Å². The van der Waals surface area contributed by atoms with Crippen molar-refractivity contribution >= 4 is 52.0 Å². The van der Waals surface area contributed by atoms with Crippen LogP contribution in [-0.2, 0) is 16.0 Å². The number of para-hydroxylation sites is 1. The Morgan fingerprint density at radius 2 is 1.87 bits per heavy atom. The molecule has 23 heavy (non-hydrogen) atoms. The highest BCUT2D eigenvalue weighted by Gasteiger charge is 2.18. The molecule has 0 unspecified atom stereocenters. The Labute approximate surface area is 149 Å². The minimum Gasteiger partial charge on any atom is -0.354 e. The van der Waals surface area contributed by atoms with Crippen molar-refractivity contribution in [2.24, 2.45) is 0 Å². The van der Waals surface area contributed by atoms with E-state index < -0.39 is 0 Å². The Hall–Kier alpha value is -1.56. The summed E-state index contributed by atoms with van der Waals surface area (Å²) in [7, 11) is 0. The molecule has 0 spiro atoms. The number of carbonyl (C=O) groups is 2. The Kier molecular flexibility index (Phi) is 6.45. The molecule has 0 radical (unpaired) electrons. The topological polar surface area (TPSA) is 49.4 Å². The van der Waals surface area contributed by atoms with Gasteiger partial charge in [-0.05, 0) is 23.6 Å². The number of rotatable bonds is 6. The number of amides is 2. The van der Waals surface area contributed by atoms with Crippen LogP contribution in [0.5, 0.6) is 0 Å². The van der Waals surface area contributed by atoms with E-state index in [4.69, 9.17) is 23.2 Å². The van der Waals surface area contributed by atoms with Crippen LogP contribution in [-0.4, -0.2) is 24.9 Å². The van der Waals surface area contributed by atoms with E-state index in [2.05, 4.69) is 5.32 Å². The van der Waals surface area contributed by atoms with E-state index in [1.807, 2.05) is 17.5 Å². The molecule has 0 aliphatic heterocycles. The second kappa shape index (κ2) is 8.34. The van der Waals surface area contributed by atoms with Crippen molar-refractivity contribution in [2.75, 3.05) is 18.0 Å². The zero-order valence-corrected chi connectivity index (χ0v) is 14.8. The maximum Gasteiger partial charge on any atom is 0.225 e. The van der Waals surface area contributed by atoms with E-state index in [9.17, 15) is 9.59 Å². The van der Waals surface area contributed by atoms with Crippen LogP contribution in [0.25, 0.3) is 0 Å². The van der Waals surface area contributed by atoms with Crippen LogP contribution in [0.2, 0.25) is 10.0 Å². The molecule has 0 saturated carbocycles. The number of halogens is 2. The molecule has 0 aliphatic carbocycles. The van der Waals surface area contributed by atoms with Gasteiger partial charge >= 0.3 is 0 Å². The zero-order chi connectivity index (χ0) is 16.8. The Bertz CT molecular complexity index is 669.